The fourth-order valence-electron chi connectivity index (χ4n) is 3.29. The first-order valence-electron chi connectivity index (χ1n) is 8.84. The van der Waals surface area contributed by atoms with E-state index in [4.69, 9.17) is 8.83 Å². The minimum Gasteiger partial charge on any atom is -0.467 e. The summed E-state index contributed by atoms with van der Waals surface area (Å²) in [6, 6.07) is 7.27. The molecule has 2 aromatic heterocycles. The van der Waals surface area contributed by atoms with Crippen LogP contribution >= 0.6 is 0 Å². The lowest BCUT2D eigenvalue weighted by atomic mass is 9.96. The summed E-state index contributed by atoms with van der Waals surface area (Å²) in [6.07, 6.45) is 4.81. The summed E-state index contributed by atoms with van der Waals surface area (Å²) < 4.78 is 10.8. The predicted molar refractivity (Wildman–Crippen MR) is 95.1 cm³/mol. The normalized spacial score (nSPS) is 17.2. The van der Waals surface area contributed by atoms with Gasteiger partial charge in [0.15, 0.2) is 0 Å². The highest BCUT2D eigenvalue weighted by Gasteiger charge is 2.32. The van der Waals surface area contributed by atoms with Crippen molar-refractivity contribution in [3.8, 4) is 0 Å². The van der Waals surface area contributed by atoms with Crippen LogP contribution in [0.4, 0.5) is 4.79 Å². The first-order chi connectivity index (χ1) is 12.5. The maximum Gasteiger partial charge on any atom is 0.319 e. The molecule has 0 N–H and O–H groups in total. The van der Waals surface area contributed by atoms with E-state index in [0.29, 0.717) is 26.2 Å². The van der Waals surface area contributed by atoms with Gasteiger partial charge in [0.2, 0.25) is 5.91 Å². The lowest BCUT2D eigenvalue weighted by Gasteiger charge is -2.35. The number of carbonyl (C=O) groups excluding carboxylic acids is 2. The van der Waals surface area contributed by atoms with Crippen molar-refractivity contribution >= 4 is 11.9 Å². The van der Waals surface area contributed by atoms with Gasteiger partial charge in [-0.1, -0.05) is 0 Å². The van der Waals surface area contributed by atoms with Crippen LogP contribution in [-0.2, 0) is 17.9 Å². The Bertz CT molecular complexity index is 673. The topological polar surface area (TPSA) is 70.1 Å². The average molecular weight is 359 g/mol. The number of likely N-dealkylation sites (tertiary alicyclic amines) is 1. The van der Waals surface area contributed by atoms with Gasteiger partial charge in [0, 0.05) is 27.2 Å². The van der Waals surface area contributed by atoms with E-state index in [1.165, 1.54) is 0 Å². The van der Waals surface area contributed by atoms with Crippen molar-refractivity contribution in [1.82, 2.24) is 14.7 Å². The summed E-state index contributed by atoms with van der Waals surface area (Å²) in [4.78, 5) is 30.5. The Kier molecular flexibility index (Phi) is 5.65. The highest BCUT2D eigenvalue weighted by atomic mass is 16.3. The van der Waals surface area contributed by atoms with Crippen molar-refractivity contribution in [2.75, 3.05) is 27.2 Å². The smallest absolute Gasteiger partial charge is 0.319 e. The maximum atomic E-state index is 13.2. The van der Waals surface area contributed by atoms with Crippen molar-refractivity contribution in [1.29, 1.82) is 0 Å². The van der Waals surface area contributed by atoms with E-state index in [9.17, 15) is 9.59 Å². The molecule has 7 nitrogen and oxygen atoms in total. The molecule has 1 unspecified atom stereocenters. The van der Waals surface area contributed by atoms with Crippen molar-refractivity contribution in [3.63, 3.8) is 0 Å². The van der Waals surface area contributed by atoms with E-state index in [1.807, 2.05) is 24.3 Å². The summed E-state index contributed by atoms with van der Waals surface area (Å²) in [7, 11) is 3.46. The van der Waals surface area contributed by atoms with E-state index in [-0.39, 0.29) is 17.9 Å². The predicted octanol–water partition coefficient (Wildman–Crippen LogP) is 2.80. The number of hydrogen-bond acceptors (Lipinski definition) is 4. The molecule has 1 fully saturated rings. The number of rotatable bonds is 5. The second kappa shape index (κ2) is 8.12. The third-order valence-corrected chi connectivity index (χ3v) is 4.59. The molecule has 1 atom stereocenters. The van der Waals surface area contributed by atoms with Gasteiger partial charge in [0.05, 0.1) is 31.5 Å². The molecule has 140 valence electrons. The molecule has 0 radical (unpaired) electrons. The molecule has 0 aromatic carbocycles. The summed E-state index contributed by atoms with van der Waals surface area (Å²) in [5, 5.41) is 0. The van der Waals surface area contributed by atoms with Crippen LogP contribution in [0.1, 0.15) is 24.4 Å². The molecule has 7 heteroatoms. The van der Waals surface area contributed by atoms with Crippen LogP contribution in [0.3, 0.4) is 0 Å². The van der Waals surface area contributed by atoms with Crippen molar-refractivity contribution in [3.05, 3.63) is 48.3 Å². The summed E-state index contributed by atoms with van der Waals surface area (Å²) in [5.74, 6) is 1.26. The molecule has 3 rings (SSSR count). The molecule has 2 aromatic rings. The zero-order valence-electron chi connectivity index (χ0n) is 15.3. The minimum atomic E-state index is -0.211. The van der Waals surface area contributed by atoms with Gasteiger partial charge in [-0.2, -0.15) is 0 Å². The number of amides is 3. The molecule has 0 bridgehead atoms. The van der Waals surface area contributed by atoms with Crippen LogP contribution < -0.4 is 0 Å². The molecular formula is C19H25N3O4. The van der Waals surface area contributed by atoms with Gasteiger partial charge >= 0.3 is 6.03 Å². The van der Waals surface area contributed by atoms with Crippen LogP contribution in [-0.4, -0.2) is 53.8 Å². The van der Waals surface area contributed by atoms with Gasteiger partial charge < -0.3 is 23.5 Å². The largest absolute Gasteiger partial charge is 0.467 e. The number of hydrogen-bond donors (Lipinski definition) is 0. The number of carbonyl (C=O) groups is 2. The Labute approximate surface area is 153 Å². The fourth-order valence-corrected chi connectivity index (χ4v) is 3.29. The SMILES string of the molecule is CN(C)C(=O)N1CCCC(C(=O)N(Cc2ccco2)Cc2ccco2)C1. The van der Waals surface area contributed by atoms with Crippen LogP contribution in [0.5, 0.6) is 0 Å². The van der Waals surface area contributed by atoms with E-state index in [0.717, 1.165) is 24.4 Å². The molecule has 0 aliphatic carbocycles. The third-order valence-electron chi connectivity index (χ3n) is 4.59. The number of furan rings is 2. The minimum absolute atomic E-state index is 0.0223. The van der Waals surface area contributed by atoms with Gasteiger partial charge in [-0.3, -0.25) is 4.79 Å². The first-order valence-corrected chi connectivity index (χ1v) is 8.84. The zero-order chi connectivity index (χ0) is 18.5. The standard InChI is InChI=1S/C19H25N3O4/c1-20(2)19(24)21-9-3-6-15(12-21)18(23)22(13-16-7-4-10-25-16)14-17-8-5-11-26-17/h4-5,7-8,10-11,15H,3,6,9,12-14H2,1-2H3. The summed E-state index contributed by atoms with van der Waals surface area (Å²) in [6.45, 7) is 1.90. The van der Waals surface area contributed by atoms with Gasteiger partial charge in [0.1, 0.15) is 11.5 Å². The second-order valence-electron chi connectivity index (χ2n) is 6.82. The van der Waals surface area contributed by atoms with Crippen molar-refractivity contribution in [2.45, 2.75) is 25.9 Å². The highest BCUT2D eigenvalue weighted by molar-refractivity contribution is 5.81. The van der Waals surface area contributed by atoms with Crippen LogP contribution in [0.25, 0.3) is 0 Å². The van der Waals surface area contributed by atoms with Crippen molar-refractivity contribution in [2.24, 2.45) is 5.92 Å². The van der Waals surface area contributed by atoms with Crippen LogP contribution in [0.15, 0.2) is 45.6 Å². The molecule has 1 aliphatic heterocycles. The zero-order valence-corrected chi connectivity index (χ0v) is 15.3. The molecule has 1 aliphatic rings. The average Bonchev–Trinajstić information content (AvgIpc) is 3.34. The Morgan fingerprint density at radius 1 is 1.12 bits per heavy atom. The Balaban J connectivity index is 1.72. The van der Waals surface area contributed by atoms with Gasteiger partial charge in [0.25, 0.3) is 0 Å². The van der Waals surface area contributed by atoms with Crippen molar-refractivity contribution < 1.29 is 18.4 Å². The maximum absolute atomic E-state index is 13.2. The molecule has 0 spiro atoms. The highest BCUT2D eigenvalue weighted by Crippen LogP contribution is 2.22. The quantitative estimate of drug-likeness (QED) is 0.823. The fraction of sp³-hybridized carbons (Fsp3) is 0.474. The van der Waals surface area contributed by atoms with Crippen LogP contribution in [0, 0.1) is 5.92 Å². The molecule has 26 heavy (non-hydrogen) atoms. The molecule has 3 heterocycles. The summed E-state index contributed by atoms with van der Waals surface area (Å²) >= 11 is 0. The Hall–Kier alpha value is -2.70. The molecule has 1 saturated heterocycles. The lowest BCUT2D eigenvalue weighted by molar-refractivity contribution is -0.138. The molecule has 3 amide bonds. The Morgan fingerprint density at radius 2 is 1.73 bits per heavy atom. The first kappa shape index (κ1) is 18.1. The number of piperidine rings is 1. The number of nitrogens with zero attached hydrogens (tertiary/aromatic N) is 3. The molecular weight excluding hydrogens is 334 g/mol. The van der Waals surface area contributed by atoms with Gasteiger partial charge in [-0.25, -0.2) is 4.79 Å². The molecule has 0 saturated carbocycles. The third kappa shape index (κ3) is 4.28. The van der Waals surface area contributed by atoms with E-state index < -0.39 is 0 Å². The number of urea groups is 1. The van der Waals surface area contributed by atoms with E-state index >= 15 is 0 Å². The van der Waals surface area contributed by atoms with E-state index in [2.05, 4.69) is 0 Å². The Morgan fingerprint density at radius 3 is 2.23 bits per heavy atom. The van der Waals surface area contributed by atoms with E-state index in [1.54, 1.807) is 41.3 Å². The van der Waals surface area contributed by atoms with Gasteiger partial charge in [-0.15, -0.1) is 0 Å². The summed E-state index contributed by atoms with van der Waals surface area (Å²) in [5.41, 5.74) is 0. The second-order valence-corrected chi connectivity index (χ2v) is 6.82. The monoisotopic (exact) mass is 359 g/mol. The van der Waals surface area contributed by atoms with Gasteiger partial charge in [-0.05, 0) is 37.1 Å². The van der Waals surface area contributed by atoms with Crippen LogP contribution in [0.2, 0.25) is 0 Å². The lowest BCUT2D eigenvalue weighted by Crippen LogP contribution is -2.49.